The second-order valence-electron chi connectivity index (χ2n) is 3.09. The van der Waals surface area contributed by atoms with Crippen molar-refractivity contribution < 1.29 is 19.4 Å². The van der Waals surface area contributed by atoms with Gasteiger partial charge in [0.25, 0.3) is 0 Å². The van der Waals surface area contributed by atoms with E-state index in [1.165, 1.54) is 7.11 Å². The SMILES string of the molecule is COCC(NC(=O)NCCCSC)C(=O)O. The fourth-order valence-electron chi connectivity index (χ4n) is 0.969. The highest BCUT2D eigenvalue weighted by Crippen LogP contribution is 1.93. The molecule has 0 aromatic rings. The molecule has 7 heteroatoms. The van der Waals surface area contributed by atoms with Gasteiger partial charge >= 0.3 is 12.0 Å². The third kappa shape index (κ3) is 7.36. The highest BCUT2D eigenvalue weighted by molar-refractivity contribution is 7.98. The summed E-state index contributed by atoms with van der Waals surface area (Å²) in [5.41, 5.74) is 0. The van der Waals surface area contributed by atoms with Crippen LogP contribution in [-0.4, -0.2) is 55.4 Å². The highest BCUT2D eigenvalue weighted by Gasteiger charge is 2.18. The Morgan fingerprint density at radius 1 is 1.50 bits per heavy atom. The Morgan fingerprint density at radius 2 is 2.19 bits per heavy atom. The van der Waals surface area contributed by atoms with Crippen molar-refractivity contribution >= 4 is 23.8 Å². The van der Waals surface area contributed by atoms with Gasteiger partial charge in [0.1, 0.15) is 0 Å². The van der Waals surface area contributed by atoms with Gasteiger partial charge < -0.3 is 20.5 Å². The quantitative estimate of drug-likeness (QED) is 0.533. The van der Waals surface area contributed by atoms with Crippen molar-refractivity contribution in [2.75, 3.05) is 32.3 Å². The van der Waals surface area contributed by atoms with E-state index in [1.807, 2.05) is 6.26 Å². The van der Waals surface area contributed by atoms with E-state index in [9.17, 15) is 9.59 Å². The summed E-state index contributed by atoms with van der Waals surface area (Å²) in [6.07, 6.45) is 2.84. The lowest BCUT2D eigenvalue weighted by Gasteiger charge is -2.13. The van der Waals surface area contributed by atoms with Crippen LogP contribution in [0.15, 0.2) is 0 Å². The Bertz CT molecular complexity index is 226. The molecule has 0 saturated carbocycles. The predicted molar refractivity (Wildman–Crippen MR) is 62.8 cm³/mol. The van der Waals surface area contributed by atoms with E-state index in [2.05, 4.69) is 15.4 Å². The maximum atomic E-state index is 11.2. The molecule has 0 saturated heterocycles. The zero-order chi connectivity index (χ0) is 12.4. The van der Waals surface area contributed by atoms with Gasteiger partial charge in [-0.3, -0.25) is 0 Å². The smallest absolute Gasteiger partial charge is 0.328 e. The van der Waals surface area contributed by atoms with Gasteiger partial charge in [-0.1, -0.05) is 0 Å². The number of amides is 2. The molecule has 16 heavy (non-hydrogen) atoms. The summed E-state index contributed by atoms with van der Waals surface area (Å²) in [4.78, 5) is 21.9. The molecule has 0 aliphatic rings. The fourth-order valence-corrected chi connectivity index (χ4v) is 1.40. The molecule has 6 nitrogen and oxygen atoms in total. The van der Waals surface area contributed by atoms with Gasteiger partial charge in [0.2, 0.25) is 0 Å². The molecule has 0 heterocycles. The summed E-state index contributed by atoms with van der Waals surface area (Å²) >= 11 is 1.69. The molecule has 0 spiro atoms. The normalized spacial score (nSPS) is 11.9. The number of hydrogen-bond donors (Lipinski definition) is 3. The predicted octanol–water partition coefficient (Wildman–Crippen LogP) is 0.138. The van der Waals surface area contributed by atoms with Crippen LogP contribution in [0.3, 0.4) is 0 Å². The minimum Gasteiger partial charge on any atom is -0.480 e. The molecule has 0 aromatic carbocycles. The number of carboxylic acid groups (broad SMARTS) is 1. The second kappa shape index (κ2) is 9.29. The molecule has 1 atom stereocenters. The summed E-state index contributed by atoms with van der Waals surface area (Å²) in [5.74, 6) is -0.151. The van der Waals surface area contributed by atoms with Crippen LogP contribution in [0.5, 0.6) is 0 Å². The monoisotopic (exact) mass is 250 g/mol. The molecule has 0 radical (unpaired) electrons. The first-order chi connectivity index (χ1) is 7.61. The van der Waals surface area contributed by atoms with Crippen LogP contribution in [0.2, 0.25) is 0 Å². The number of hydrogen-bond acceptors (Lipinski definition) is 4. The van der Waals surface area contributed by atoms with Crippen molar-refractivity contribution in [3.8, 4) is 0 Å². The van der Waals surface area contributed by atoms with Gasteiger partial charge in [-0.15, -0.1) is 0 Å². The largest absolute Gasteiger partial charge is 0.480 e. The average Bonchev–Trinajstić information content (AvgIpc) is 2.23. The van der Waals surface area contributed by atoms with Crippen LogP contribution in [0, 0.1) is 0 Å². The van der Waals surface area contributed by atoms with Crippen molar-refractivity contribution in [1.29, 1.82) is 0 Å². The Balaban J connectivity index is 3.77. The van der Waals surface area contributed by atoms with E-state index in [0.717, 1.165) is 12.2 Å². The van der Waals surface area contributed by atoms with Crippen LogP contribution >= 0.6 is 11.8 Å². The molecule has 0 aliphatic carbocycles. The van der Waals surface area contributed by atoms with Gasteiger partial charge in [0, 0.05) is 13.7 Å². The second-order valence-corrected chi connectivity index (χ2v) is 4.08. The lowest BCUT2D eigenvalue weighted by Crippen LogP contribution is -2.48. The average molecular weight is 250 g/mol. The number of carbonyl (C=O) groups excluding carboxylic acids is 1. The summed E-state index contributed by atoms with van der Waals surface area (Å²) in [6.45, 7) is 0.486. The molecular formula is C9H18N2O4S. The molecule has 94 valence electrons. The van der Waals surface area contributed by atoms with E-state index in [4.69, 9.17) is 5.11 Å². The summed E-state index contributed by atoms with van der Waals surface area (Å²) in [5, 5.41) is 13.6. The van der Waals surface area contributed by atoms with Gasteiger partial charge in [-0.2, -0.15) is 11.8 Å². The number of nitrogens with one attached hydrogen (secondary N) is 2. The van der Waals surface area contributed by atoms with E-state index in [0.29, 0.717) is 6.54 Å². The third-order valence-corrected chi connectivity index (χ3v) is 2.44. The van der Waals surface area contributed by atoms with Crippen LogP contribution in [0.25, 0.3) is 0 Å². The Hall–Kier alpha value is -0.950. The molecular weight excluding hydrogens is 232 g/mol. The van der Waals surface area contributed by atoms with E-state index in [1.54, 1.807) is 11.8 Å². The fraction of sp³-hybridized carbons (Fsp3) is 0.778. The summed E-state index contributed by atoms with van der Waals surface area (Å²) in [6, 6.07) is -1.49. The van der Waals surface area contributed by atoms with Gasteiger partial charge in [0.05, 0.1) is 6.61 Å². The third-order valence-electron chi connectivity index (χ3n) is 1.75. The first-order valence-corrected chi connectivity index (χ1v) is 6.26. The minimum absolute atomic E-state index is 0.0481. The van der Waals surface area contributed by atoms with E-state index < -0.39 is 18.0 Å². The van der Waals surface area contributed by atoms with Crippen molar-refractivity contribution in [2.24, 2.45) is 0 Å². The molecule has 0 aliphatic heterocycles. The first-order valence-electron chi connectivity index (χ1n) is 4.86. The number of thioether (sulfide) groups is 1. The molecule has 0 bridgehead atoms. The number of carboxylic acids is 1. The summed E-state index contributed by atoms with van der Waals surface area (Å²) < 4.78 is 4.68. The topological polar surface area (TPSA) is 87.7 Å². The first kappa shape index (κ1) is 15.0. The Labute approximate surface area is 99.1 Å². The molecule has 3 N–H and O–H groups in total. The van der Waals surface area contributed by atoms with Crippen LogP contribution in [0.4, 0.5) is 4.79 Å². The maximum Gasteiger partial charge on any atom is 0.328 e. The van der Waals surface area contributed by atoms with Crippen molar-refractivity contribution in [1.82, 2.24) is 10.6 Å². The number of aliphatic carboxylic acids is 1. The van der Waals surface area contributed by atoms with Crippen LogP contribution < -0.4 is 10.6 Å². The van der Waals surface area contributed by atoms with E-state index >= 15 is 0 Å². The van der Waals surface area contributed by atoms with Crippen molar-refractivity contribution in [3.63, 3.8) is 0 Å². The van der Waals surface area contributed by atoms with E-state index in [-0.39, 0.29) is 6.61 Å². The van der Waals surface area contributed by atoms with Crippen molar-refractivity contribution in [2.45, 2.75) is 12.5 Å². The number of carbonyl (C=O) groups is 2. The number of methoxy groups -OCH3 is 1. The Morgan fingerprint density at radius 3 is 2.69 bits per heavy atom. The lowest BCUT2D eigenvalue weighted by molar-refractivity contribution is -0.140. The zero-order valence-corrected chi connectivity index (χ0v) is 10.3. The van der Waals surface area contributed by atoms with Gasteiger partial charge in [-0.25, -0.2) is 9.59 Å². The van der Waals surface area contributed by atoms with Crippen LogP contribution in [-0.2, 0) is 9.53 Å². The number of urea groups is 1. The number of ether oxygens (including phenoxy) is 1. The van der Waals surface area contributed by atoms with Gasteiger partial charge in [0.15, 0.2) is 6.04 Å². The minimum atomic E-state index is -1.11. The zero-order valence-electron chi connectivity index (χ0n) is 9.49. The molecule has 0 aromatic heterocycles. The molecule has 0 rings (SSSR count). The Kier molecular flexibility index (Phi) is 8.74. The van der Waals surface area contributed by atoms with Gasteiger partial charge in [-0.05, 0) is 18.4 Å². The molecule has 0 fully saturated rings. The van der Waals surface area contributed by atoms with Crippen LogP contribution in [0.1, 0.15) is 6.42 Å². The van der Waals surface area contributed by atoms with Crippen molar-refractivity contribution in [3.05, 3.63) is 0 Å². The standard InChI is InChI=1S/C9H18N2O4S/c1-15-6-7(8(12)13)11-9(14)10-4-3-5-16-2/h7H,3-6H2,1-2H3,(H,12,13)(H2,10,11,14). The lowest BCUT2D eigenvalue weighted by atomic mass is 10.3. The maximum absolute atomic E-state index is 11.2. The molecule has 1 unspecified atom stereocenters. The molecule has 2 amide bonds. The summed E-state index contributed by atoms with van der Waals surface area (Å²) in [7, 11) is 1.38. The highest BCUT2D eigenvalue weighted by atomic mass is 32.2. The number of rotatable bonds is 8.